The van der Waals surface area contributed by atoms with Gasteiger partial charge in [0, 0.05) is 0 Å². The molecular formula is C52H34Sn2. The normalized spacial score (nSPS) is 12.0. The summed E-state index contributed by atoms with van der Waals surface area (Å²) < 4.78 is 1.49. The predicted molar refractivity (Wildman–Crippen MR) is 245 cm³/mol. The van der Waals surface area contributed by atoms with Gasteiger partial charge in [-0.1, -0.05) is 18.2 Å². The van der Waals surface area contributed by atoms with Crippen LogP contribution in [0.2, 0.25) is 0 Å². The van der Waals surface area contributed by atoms with Gasteiger partial charge in [0.1, 0.15) is 0 Å². The van der Waals surface area contributed by atoms with Crippen LogP contribution in [0.1, 0.15) is 0 Å². The summed E-state index contributed by atoms with van der Waals surface area (Å²) in [7, 11) is 0. The summed E-state index contributed by atoms with van der Waals surface area (Å²) in [6.45, 7) is 0. The van der Waals surface area contributed by atoms with Gasteiger partial charge in [-0.15, -0.1) is 0 Å². The second kappa shape index (κ2) is 12.2. The van der Waals surface area contributed by atoms with Crippen molar-refractivity contribution in [2.75, 3.05) is 0 Å². The zero-order valence-electron chi connectivity index (χ0n) is 30.0. The molecule has 0 atom stereocenters. The van der Waals surface area contributed by atoms with Crippen molar-refractivity contribution in [3.8, 4) is 11.1 Å². The van der Waals surface area contributed by atoms with Crippen LogP contribution in [0.4, 0.5) is 0 Å². The van der Waals surface area contributed by atoms with E-state index in [1.807, 2.05) is 0 Å². The SMILES string of the molecule is [SnH2][c]1c(-c2cccc3cc4ccc5cc6cc7ccccc7cc6cc5c4cc23)ccc2cc3ccc4cc5cc6ccccc6cc5cc4c3cc12.[SnH3]. The minimum absolute atomic E-state index is 0. The minimum atomic E-state index is 0. The van der Waals surface area contributed by atoms with Crippen LogP contribution < -0.4 is 3.58 Å². The summed E-state index contributed by atoms with van der Waals surface area (Å²) >= 11 is 0.630. The Morgan fingerprint density at radius 2 is 0.556 bits per heavy atom. The molecular weight excluding hydrogens is 862 g/mol. The average molecular weight is 896 g/mol. The molecule has 0 heterocycles. The van der Waals surface area contributed by atoms with Gasteiger partial charge in [0.05, 0.1) is 0 Å². The fourth-order valence-electron chi connectivity index (χ4n) is 9.15. The predicted octanol–water partition coefficient (Wildman–Crippen LogP) is 12.0. The molecule has 12 aromatic carbocycles. The van der Waals surface area contributed by atoms with Crippen LogP contribution in [-0.4, -0.2) is 46.4 Å². The fraction of sp³-hybridized carbons (Fsp3) is 0. The Kier molecular flexibility index (Phi) is 7.28. The molecule has 0 saturated heterocycles. The van der Waals surface area contributed by atoms with Crippen LogP contribution in [0.15, 0.2) is 176 Å². The first-order valence-corrected chi connectivity index (χ1v) is 20.4. The van der Waals surface area contributed by atoms with Crippen molar-refractivity contribution in [2.24, 2.45) is 0 Å². The molecule has 0 aliphatic carbocycles. The maximum absolute atomic E-state index is 2.49. The molecule has 0 spiro atoms. The molecule has 0 N–H and O–H groups in total. The van der Waals surface area contributed by atoms with Crippen molar-refractivity contribution >= 4 is 158 Å². The second-order valence-corrected chi connectivity index (χ2v) is 16.9. The van der Waals surface area contributed by atoms with E-state index in [9.17, 15) is 0 Å². The van der Waals surface area contributed by atoms with Gasteiger partial charge in [0.25, 0.3) is 0 Å². The Labute approximate surface area is 342 Å². The molecule has 0 aliphatic heterocycles. The summed E-state index contributed by atoms with van der Waals surface area (Å²) in [4.78, 5) is 0. The topological polar surface area (TPSA) is 0 Å². The summed E-state index contributed by atoms with van der Waals surface area (Å²) in [5.74, 6) is 0. The van der Waals surface area contributed by atoms with E-state index in [2.05, 4.69) is 176 Å². The Hall–Kier alpha value is -5.16. The third-order valence-electron chi connectivity index (χ3n) is 11.9. The summed E-state index contributed by atoms with van der Waals surface area (Å²) in [5.41, 5.74) is 2.69. The molecule has 0 amide bonds. The monoisotopic (exact) mass is 898 g/mol. The molecule has 2 radical (unpaired) electrons. The Morgan fingerprint density at radius 3 is 1.06 bits per heavy atom. The van der Waals surface area contributed by atoms with Gasteiger partial charge in [0.2, 0.25) is 0 Å². The molecule has 0 aliphatic rings. The summed E-state index contributed by atoms with van der Waals surface area (Å²) in [5, 5.41) is 26.1. The number of hydrogen-bond donors (Lipinski definition) is 0. The molecule has 2 heteroatoms. The molecule has 250 valence electrons. The first kappa shape index (κ1) is 32.3. The van der Waals surface area contributed by atoms with Crippen molar-refractivity contribution in [1.82, 2.24) is 0 Å². The molecule has 0 aromatic heterocycles. The van der Waals surface area contributed by atoms with Crippen LogP contribution in [0.25, 0.3) is 119 Å². The first-order chi connectivity index (χ1) is 26.1. The molecule has 0 nitrogen and oxygen atoms in total. The van der Waals surface area contributed by atoms with Crippen LogP contribution >= 0.6 is 0 Å². The van der Waals surface area contributed by atoms with Gasteiger partial charge in [-0.3, -0.25) is 0 Å². The third-order valence-corrected chi connectivity index (χ3v) is 14.0. The van der Waals surface area contributed by atoms with Crippen molar-refractivity contribution in [2.45, 2.75) is 0 Å². The molecule has 12 rings (SSSR count). The van der Waals surface area contributed by atoms with E-state index in [0.717, 1.165) is 0 Å². The fourth-order valence-corrected chi connectivity index (χ4v) is 10.9. The molecule has 12 aromatic rings. The standard InChI is InChI=1S/C52H29.2Sn.5H/c1-3-8-33-21-45-28-49-40(25-42(45)19-31(33)6-1)16-14-38-18-35-12-13-37(24-44(35)27-48(38)49)47-11-5-10-36-23-39-15-17-41-26-43-20-32-7-2-4-9-34(32)22-46(43)29-50(41)52(39)30-51(36)47;;;;;;;/h1-23,25-30H;;;;;;;. The average Bonchev–Trinajstić information content (AvgIpc) is 3.19. The van der Waals surface area contributed by atoms with Crippen LogP contribution in [0.3, 0.4) is 0 Å². The molecule has 0 unspecified atom stereocenters. The number of fused-ring (bicyclic) bond motifs is 12. The van der Waals surface area contributed by atoms with Gasteiger partial charge in [-0.05, 0) is 0 Å². The zero-order valence-corrected chi connectivity index (χ0v) is 39.7. The first-order valence-electron chi connectivity index (χ1n) is 18.4. The van der Waals surface area contributed by atoms with Crippen molar-refractivity contribution in [3.05, 3.63) is 176 Å². The van der Waals surface area contributed by atoms with Crippen LogP contribution in [-0.2, 0) is 0 Å². The van der Waals surface area contributed by atoms with Crippen molar-refractivity contribution in [3.63, 3.8) is 0 Å². The molecule has 0 saturated carbocycles. The van der Waals surface area contributed by atoms with E-state index in [0.29, 0.717) is 22.5 Å². The zero-order chi connectivity index (χ0) is 34.8. The summed E-state index contributed by atoms with van der Waals surface area (Å²) in [6, 6.07) is 66.8. The quantitative estimate of drug-likeness (QED) is 0.0875. The van der Waals surface area contributed by atoms with E-state index in [-0.39, 0.29) is 23.9 Å². The number of rotatable bonds is 1. The van der Waals surface area contributed by atoms with E-state index in [4.69, 9.17) is 0 Å². The van der Waals surface area contributed by atoms with Crippen molar-refractivity contribution < 1.29 is 0 Å². The Balaban J connectivity index is 0.00000341. The third kappa shape index (κ3) is 4.89. The Bertz CT molecular complexity index is 3580. The second-order valence-electron chi connectivity index (χ2n) is 14.9. The van der Waals surface area contributed by atoms with Gasteiger partial charge in [-0.2, -0.15) is 0 Å². The Morgan fingerprint density at radius 1 is 0.222 bits per heavy atom. The van der Waals surface area contributed by atoms with Crippen molar-refractivity contribution in [1.29, 1.82) is 0 Å². The molecule has 0 bridgehead atoms. The van der Waals surface area contributed by atoms with E-state index in [1.54, 1.807) is 0 Å². The van der Waals surface area contributed by atoms with Crippen LogP contribution in [0, 0.1) is 0 Å². The number of hydrogen-bond acceptors (Lipinski definition) is 0. The molecule has 54 heavy (non-hydrogen) atoms. The summed E-state index contributed by atoms with van der Waals surface area (Å²) in [6.07, 6.45) is 0. The maximum atomic E-state index is 2.49. The van der Waals surface area contributed by atoms with Gasteiger partial charge < -0.3 is 0 Å². The van der Waals surface area contributed by atoms with E-state index in [1.165, 1.54) is 122 Å². The van der Waals surface area contributed by atoms with E-state index >= 15 is 0 Å². The van der Waals surface area contributed by atoms with Gasteiger partial charge in [-0.25, -0.2) is 0 Å². The van der Waals surface area contributed by atoms with Crippen LogP contribution in [0.5, 0.6) is 0 Å². The van der Waals surface area contributed by atoms with Gasteiger partial charge in [0.15, 0.2) is 0 Å². The van der Waals surface area contributed by atoms with Gasteiger partial charge >= 0.3 is 327 Å². The van der Waals surface area contributed by atoms with E-state index < -0.39 is 0 Å². The molecule has 0 fully saturated rings. The number of benzene rings is 12.